The molecular formula is C16H24N4O3. The van der Waals surface area contributed by atoms with Gasteiger partial charge in [0, 0.05) is 25.7 Å². The Kier molecular flexibility index (Phi) is 5.65. The molecule has 7 heteroatoms. The van der Waals surface area contributed by atoms with Gasteiger partial charge in [-0.2, -0.15) is 0 Å². The third kappa shape index (κ3) is 4.25. The average Bonchev–Trinajstić information content (AvgIpc) is 2.54. The van der Waals surface area contributed by atoms with Crippen molar-refractivity contribution in [1.29, 1.82) is 0 Å². The molecule has 0 aromatic carbocycles. The first-order valence-electron chi connectivity index (χ1n) is 8.00. The van der Waals surface area contributed by atoms with E-state index in [-0.39, 0.29) is 23.2 Å². The fourth-order valence-electron chi connectivity index (χ4n) is 3.09. The predicted molar refractivity (Wildman–Crippen MR) is 85.9 cm³/mol. The van der Waals surface area contributed by atoms with E-state index in [0.29, 0.717) is 25.4 Å². The predicted octanol–water partition coefficient (Wildman–Crippen LogP) is 0.565. The first kappa shape index (κ1) is 17.3. The number of aromatic amines is 1. The molecule has 1 unspecified atom stereocenters. The second-order valence-corrected chi connectivity index (χ2v) is 6.35. The molecule has 0 aliphatic carbocycles. The molecule has 0 spiro atoms. The van der Waals surface area contributed by atoms with Crippen molar-refractivity contribution in [3.05, 3.63) is 28.4 Å². The number of carbonyl (C=O) groups excluding carboxylic acids is 2. The second-order valence-electron chi connectivity index (χ2n) is 6.35. The molecule has 2 heterocycles. The molecule has 1 aliphatic rings. The number of nitrogens with two attached hydrogens (primary N) is 1. The number of carbonyl (C=O) groups is 2. The van der Waals surface area contributed by atoms with Crippen LogP contribution in [0, 0.1) is 11.8 Å². The zero-order valence-electron chi connectivity index (χ0n) is 13.6. The highest BCUT2D eigenvalue weighted by Gasteiger charge is 2.28. The molecule has 1 aliphatic heterocycles. The fraction of sp³-hybridized carbons (Fsp3) is 0.625. The van der Waals surface area contributed by atoms with Crippen LogP contribution in [-0.2, 0) is 4.79 Å². The standard InChI is InChI=1S/C16H24N4O3/c1-10(7-14(21)13-8-18-9-19-15(13)22)12-3-5-20(6-4-12)16(23)11(2)17/h8-12H,3-7,17H2,1-2H3,(H,18,19,22)/t10?,11-/m0/s1. The van der Waals surface area contributed by atoms with Crippen LogP contribution in [0.15, 0.2) is 17.3 Å². The lowest BCUT2D eigenvalue weighted by molar-refractivity contribution is -0.133. The van der Waals surface area contributed by atoms with Crippen LogP contribution in [0.1, 0.15) is 43.5 Å². The Labute approximate surface area is 135 Å². The van der Waals surface area contributed by atoms with Crippen LogP contribution >= 0.6 is 0 Å². The Morgan fingerprint density at radius 3 is 2.61 bits per heavy atom. The number of hydrogen-bond acceptors (Lipinski definition) is 5. The highest BCUT2D eigenvalue weighted by molar-refractivity contribution is 5.95. The highest BCUT2D eigenvalue weighted by Crippen LogP contribution is 2.28. The molecule has 1 amide bonds. The van der Waals surface area contributed by atoms with Crippen molar-refractivity contribution in [2.24, 2.45) is 17.6 Å². The highest BCUT2D eigenvalue weighted by atomic mass is 16.2. The molecular weight excluding hydrogens is 296 g/mol. The van der Waals surface area contributed by atoms with Gasteiger partial charge in [0.2, 0.25) is 5.91 Å². The van der Waals surface area contributed by atoms with Crippen LogP contribution in [0.4, 0.5) is 0 Å². The third-order valence-corrected chi connectivity index (χ3v) is 4.57. The molecule has 1 saturated heterocycles. The van der Waals surface area contributed by atoms with Crippen molar-refractivity contribution in [3.63, 3.8) is 0 Å². The zero-order chi connectivity index (χ0) is 17.0. The lowest BCUT2D eigenvalue weighted by Crippen LogP contribution is -2.46. The van der Waals surface area contributed by atoms with Crippen molar-refractivity contribution in [2.45, 2.75) is 39.2 Å². The summed E-state index contributed by atoms with van der Waals surface area (Å²) in [6, 6.07) is -0.470. The van der Waals surface area contributed by atoms with Crippen molar-refractivity contribution >= 4 is 11.7 Å². The van der Waals surface area contributed by atoms with E-state index in [9.17, 15) is 14.4 Å². The van der Waals surface area contributed by atoms with Crippen molar-refractivity contribution < 1.29 is 9.59 Å². The summed E-state index contributed by atoms with van der Waals surface area (Å²) in [5.74, 6) is 0.330. The van der Waals surface area contributed by atoms with E-state index >= 15 is 0 Å². The van der Waals surface area contributed by atoms with Gasteiger partial charge in [-0.3, -0.25) is 14.4 Å². The van der Waals surface area contributed by atoms with Crippen molar-refractivity contribution in [1.82, 2.24) is 14.9 Å². The van der Waals surface area contributed by atoms with Gasteiger partial charge in [-0.1, -0.05) is 6.92 Å². The number of aromatic nitrogens is 2. The molecule has 1 fully saturated rings. The number of nitrogens with one attached hydrogen (secondary N) is 1. The largest absolute Gasteiger partial charge is 0.341 e. The van der Waals surface area contributed by atoms with Gasteiger partial charge in [-0.25, -0.2) is 4.98 Å². The topological polar surface area (TPSA) is 109 Å². The molecule has 0 saturated carbocycles. The molecule has 2 rings (SSSR count). The SMILES string of the molecule is CC(CC(=O)c1cnc[nH]c1=O)C1CCN(C(=O)[C@H](C)N)CC1. The summed E-state index contributed by atoms with van der Waals surface area (Å²) in [7, 11) is 0. The van der Waals surface area contributed by atoms with Crippen molar-refractivity contribution in [3.8, 4) is 0 Å². The van der Waals surface area contributed by atoms with Crippen LogP contribution in [-0.4, -0.2) is 45.7 Å². The van der Waals surface area contributed by atoms with Gasteiger partial charge >= 0.3 is 0 Å². The fourth-order valence-corrected chi connectivity index (χ4v) is 3.09. The number of amides is 1. The molecule has 3 N–H and O–H groups in total. The summed E-state index contributed by atoms with van der Waals surface area (Å²) in [6.45, 7) is 5.07. The van der Waals surface area contributed by atoms with Gasteiger partial charge in [0.15, 0.2) is 5.78 Å². The van der Waals surface area contributed by atoms with E-state index < -0.39 is 11.6 Å². The Morgan fingerprint density at radius 2 is 2.04 bits per heavy atom. The summed E-state index contributed by atoms with van der Waals surface area (Å²) in [5.41, 5.74) is 5.35. The van der Waals surface area contributed by atoms with Gasteiger partial charge in [0.05, 0.1) is 12.4 Å². The van der Waals surface area contributed by atoms with E-state index in [4.69, 9.17) is 5.73 Å². The quantitative estimate of drug-likeness (QED) is 0.771. The number of likely N-dealkylation sites (tertiary alicyclic amines) is 1. The number of H-pyrrole nitrogens is 1. The maximum absolute atomic E-state index is 12.2. The molecule has 1 aromatic rings. The lowest BCUT2D eigenvalue weighted by atomic mass is 9.82. The summed E-state index contributed by atoms with van der Waals surface area (Å²) >= 11 is 0. The van der Waals surface area contributed by atoms with Gasteiger partial charge in [0.25, 0.3) is 5.56 Å². The van der Waals surface area contributed by atoms with Gasteiger partial charge < -0.3 is 15.6 Å². The normalized spacial score (nSPS) is 18.5. The minimum Gasteiger partial charge on any atom is -0.341 e. The Morgan fingerprint density at radius 1 is 1.39 bits per heavy atom. The van der Waals surface area contributed by atoms with Gasteiger partial charge in [0.1, 0.15) is 5.56 Å². The molecule has 2 atom stereocenters. The number of rotatable bonds is 5. The Bertz CT molecular complexity index is 618. The first-order valence-corrected chi connectivity index (χ1v) is 8.00. The molecule has 0 radical (unpaired) electrons. The molecule has 0 bridgehead atoms. The Balaban J connectivity index is 1.89. The summed E-state index contributed by atoms with van der Waals surface area (Å²) in [6.07, 6.45) is 4.62. The molecule has 23 heavy (non-hydrogen) atoms. The monoisotopic (exact) mass is 320 g/mol. The molecule has 1 aromatic heterocycles. The summed E-state index contributed by atoms with van der Waals surface area (Å²) < 4.78 is 0. The number of ketones is 1. The van der Waals surface area contributed by atoms with Crippen LogP contribution in [0.3, 0.4) is 0 Å². The van der Waals surface area contributed by atoms with E-state index in [1.807, 2.05) is 6.92 Å². The number of Topliss-reactive ketones (excluding diaryl/α,β-unsaturated/α-hetero) is 1. The maximum atomic E-state index is 12.2. The number of piperidine rings is 1. The molecule has 126 valence electrons. The van der Waals surface area contributed by atoms with E-state index in [2.05, 4.69) is 9.97 Å². The van der Waals surface area contributed by atoms with Crippen molar-refractivity contribution in [2.75, 3.05) is 13.1 Å². The number of nitrogens with zero attached hydrogens (tertiary/aromatic N) is 2. The smallest absolute Gasteiger partial charge is 0.261 e. The summed E-state index contributed by atoms with van der Waals surface area (Å²) in [4.78, 5) is 43.8. The van der Waals surface area contributed by atoms with E-state index in [1.54, 1.807) is 11.8 Å². The maximum Gasteiger partial charge on any atom is 0.261 e. The lowest BCUT2D eigenvalue weighted by Gasteiger charge is -2.35. The number of hydrogen-bond donors (Lipinski definition) is 2. The Hall–Kier alpha value is -2.02. The minimum absolute atomic E-state index is 0.0194. The van der Waals surface area contributed by atoms with Crippen LogP contribution < -0.4 is 11.3 Å². The van der Waals surface area contributed by atoms with Gasteiger partial charge in [-0.15, -0.1) is 0 Å². The third-order valence-electron chi connectivity index (χ3n) is 4.57. The van der Waals surface area contributed by atoms with Crippen LogP contribution in [0.2, 0.25) is 0 Å². The first-order chi connectivity index (χ1) is 10.9. The van der Waals surface area contributed by atoms with Gasteiger partial charge in [-0.05, 0) is 31.6 Å². The summed E-state index contributed by atoms with van der Waals surface area (Å²) in [5, 5.41) is 0. The minimum atomic E-state index is -0.470. The van der Waals surface area contributed by atoms with Crippen LogP contribution in [0.25, 0.3) is 0 Å². The second kappa shape index (κ2) is 7.50. The van der Waals surface area contributed by atoms with E-state index in [0.717, 1.165) is 12.8 Å². The zero-order valence-corrected chi connectivity index (χ0v) is 13.6. The molecule has 7 nitrogen and oxygen atoms in total. The van der Waals surface area contributed by atoms with E-state index in [1.165, 1.54) is 12.5 Å². The average molecular weight is 320 g/mol. The van der Waals surface area contributed by atoms with Crippen LogP contribution in [0.5, 0.6) is 0 Å².